The van der Waals surface area contributed by atoms with Gasteiger partial charge < -0.3 is 13.9 Å². The molecule has 0 saturated carbocycles. The van der Waals surface area contributed by atoms with E-state index >= 15 is 0 Å². The Kier molecular flexibility index (Phi) is 7.12. The Hall–Kier alpha value is -3.28. The molecule has 2 aromatic carbocycles. The monoisotopic (exact) mass is 426 g/mol. The molecule has 0 aliphatic carbocycles. The summed E-state index contributed by atoms with van der Waals surface area (Å²) in [6.45, 7) is 2.71. The lowest BCUT2D eigenvalue weighted by molar-refractivity contribution is 0.261. The lowest BCUT2D eigenvalue weighted by Crippen LogP contribution is -2.34. The Morgan fingerprint density at radius 3 is 2.27 bits per heavy atom. The number of sulfonamides is 1. The molecule has 0 unspecified atom stereocenters. The van der Waals surface area contributed by atoms with Gasteiger partial charge in [-0.3, -0.25) is 0 Å². The van der Waals surface area contributed by atoms with Gasteiger partial charge >= 0.3 is 0 Å². The van der Waals surface area contributed by atoms with Gasteiger partial charge in [-0.15, -0.1) is 0 Å². The topological polar surface area (TPSA) is 92.8 Å². The minimum atomic E-state index is -3.78. The number of rotatable bonds is 10. The van der Waals surface area contributed by atoms with E-state index in [9.17, 15) is 8.42 Å². The summed E-state index contributed by atoms with van der Waals surface area (Å²) in [6, 6.07) is 18.4. The average Bonchev–Trinajstić information content (AvgIpc) is 3.27. The highest BCUT2D eigenvalue weighted by atomic mass is 32.2. The normalized spacial score (nSPS) is 11.2. The summed E-state index contributed by atoms with van der Waals surface area (Å²) in [5.41, 5.74) is 0.528. The van der Waals surface area contributed by atoms with Crippen LogP contribution in [-0.2, 0) is 16.6 Å². The average molecular weight is 426 g/mol. The zero-order valence-electron chi connectivity index (χ0n) is 16.5. The molecular formula is C22H22N2O5S. The molecule has 0 aliphatic heterocycles. The zero-order valence-corrected chi connectivity index (χ0v) is 17.3. The second-order valence-electron chi connectivity index (χ2n) is 6.31. The third-order valence-electron chi connectivity index (χ3n) is 4.28. The van der Waals surface area contributed by atoms with Gasteiger partial charge in [0.05, 0.1) is 35.9 Å². The van der Waals surface area contributed by atoms with Crippen molar-refractivity contribution in [2.45, 2.75) is 18.4 Å². The first kappa shape index (κ1) is 21.4. The van der Waals surface area contributed by atoms with E-state index < -0.39 is 10.0 Å². The third kappa shape index (κ3) is 5.41. The third-order valence-corrected chi connectivity index (χ3v) is 6.14. The number of hydrogen-bond acceptors (Lipinski definition) is 6. The molecule has 3 aromatic rings. The van der Waals surface area contributed by atoms with Gasteiger partial charge in [0.25, 0.3) is 0 Å². The maximum atomic E-state index is 13.2. The fraction of sp³-hybridized carbons (Fsp3) is 0.227. The lowest BCUT2D eigenvalue weighted by Gasteiger charge is -2.21. The predicted molar refractivity (Wildman–Crippen MR) is 111 cm³/mol. The number of furan rings is 1. The minimum Gasteiger partial charge on any atom is -0.494 e. The largest absolute Gasteiger partial charge is 0.494 e. The molecule has 0 amide bonds. The molecule has 7 nitrogen and oxygen atoms in total. The lowest BCUT2D eigenvalue weighted by atomic mass is 10.2. The van der Waals surface area contributed by atoms with Crippen LogP contribution in [0.4, 0.5) is 0 Å². The standard InChI is InChI=1S/C22H22N2O5S/c1-2-27-19-9-11-22(12-10-19)30(25,26)24(17-21-4-3-14-28-21)13-15-29-20-7-5-18(16-23)6-8-20/h3-12,14H,2,13,15,17H2,1H3. The maximum absolute atomic E-state index is 13.2. The van der Waals surface area contributed by atoms with Crippen LogP contribution in [0.15, 0.2) is 76.2 Å². The Bertz CT molecular complexity index is 1070. The van der Waals surface area contributed by atoms with Gasteiger partial charge in [-0.1, -0.05) is 0 Å². The molecular weight excluding hydrogens is 404 g/mol. The molecule has 8 heteroatoms. The molecule has 0 saturated heterocycles. The van der Waals surface area contributed by atoms with Crippen LogP contribution in [0.5, 0.6) is 11.5 Å². The van der Waals surface area contributed by atoms with Crippen molar-refractivity contribution in [3.05, 3.63) is 78.3 Å². The molecule has 0 spiro atoms. The van der Waals surface area contributed by atoms with E-state index in [0.29, 0.717) is 29.4 Å². The van der Waals surface area contributed by atoms with E-state index in [1.54, 1.807) is 48.5 Å². The summed E-state index contributed by atoms with van der Waals surface area (Å²) in [4.78, 5) is 0.163. The molecule has 0 fully saturated rings. The Balaban J connectivity index is 1.74. The van der Waals surface area contributed by atoms with Crippen molar-refractivity contribution in [2.75, 3.05) is 19.8 Å². The molecule has 1 aromatic heterocycles. The van der Waals surface area contributed by atoms with Gasteiger partial charge in [0, 0.05) is 6.54 Å². The molecule has 1 heterocycles. The summed E-state index contributed by atoms with van der Waals surface area (Å²) >= 11 is 0. The van der Waals surface area contributed by atoms with Gasteiger partial charge in [-0.2, -0.15) is 9.57 Å². The summed E-state index contributed by atoms with van der Waals surface area (Å²) in [7, 11) is -3.78. The number of hydrogen-bond donors (Lipinski definition) is 0. The van der Waals surface area contributed by atoms with E-state index in [-0.39, 0.29) is 24.6 Å². The molecule has 0 radical (unpaired) electrons. The number of benzene rings is 2. The molecule has 0 bridgehead atoms. The highest BCUT2D eigenvalue weighted by molar-refractivity contribution is 7.89. The number of nitrogens with zero attached hydrogens (tertiary/aromatic N) is 2. The first-order chi connectivity index (χ1) is 14.5. The first-order valence-corrected chi connectivity index (χ1v) is 10.9. The van der Waals surface area contributed by atoms with Crippen LogP contribution < -0.4 is 9.47 Å². The van der Waals surface area contributed by atoms with Crippen molar-refractivity contribution in [3.63, 3.8) is 0 Å². The Morgan fingerprint density at radius 1 is 1.00 bits per heavy atom. The van der Waals surface area contributed by atoms with Crippen molar-refractivity contribution in [2.24, 2.45) is 0 Å². The second kappa shape index (κ2) is 9.96. The van der Waals surface area contributed by atoms with E-state index in [0.717, 1.165) is 0 Å². The SMILES string of the molecule is CCOc1ccc(S(=O)(=O)N(CCOc2ccc(C#N)cc2)Cc2ccco2)cc1. The van der Waals surface area contributed by atoms with E-state index in [4.69, 9.17) is 19.2 Å². The van der Waals surface area contributed by atoms with Crippen LogP contribution in [0.2, 0.25) is 0 Å². The molecule has 30 heavy (non-hydrogen) atoms. The molecule has 0 aliphatic rings. The van der Waals surface area contributed by atoms with Crippen molar-refractivity contribution in [1.82, 2.24) is 4.31 Å². The smallest absolute Gasteiger partial charge is 0.243 e. The van der Waals surface area contributed by atoms with Crippen molar-refractivity contribution < 1.29 is 22.3 Å². The number of nitriles is 1. The minimum absolute atomic E-state index is 0.0826. The van der Waals surface area contributed by atoms with Crippen LogP contribution in [0.3, 0.4) is 0 Å². The van der Waals surface area contributed by atoms with Gasteiger partial charge in [0.1, 0.15) is 23.9 Å². The Morgan fingerprint density at radius 2 is 1.67 bits per heavy atom. The molecule has 0 atom stereocenters. The van der Waals surface area contributed by atoms with Gasteiger partial charge in [-0.25, -0.2) is 8.42 Å². The fourth-order valence-electron chi connectivity index (χ4n) is 2.78. The molecule has 3 rings (SSSR count). The van der Waals surface area contributed by atoms with Crippen LogP contribution in [0.25, 0.3) is 0 Å². The summed E-state index contributed by atoms with van der Waals surface area (Å²) in [5, 5.41) is 8.86. The molecule has 156 valence electrons. The van der Waals surface area contributed by atoms with Crippen molar-refractivity contribution in [1.29, 1.82) is 5.26 Å². The van der Waals surface area contributed by atoms with E-state index in [1.807, 2.05) is 13.0 Å². The second-order valence-corrected chi connectivity index (χ2v) is 8.24. The zero-order chi connectivity index (χ0) is 21.4. The van der Waals surface area contributed by atoms with Crippen LogP contribution in [0.1, 0.15) is 18.2 Å². The number of ether oxygens (including phenoxy) is 2. The summed E-state index contributed by atoms with van der Waals surface area (Å²) < 4.78 is 44.1. The quantitative estimate of drug-likeness (QED) is 0.489. The van der Waals surface area contributed by atoms with E-state index in [2.05, 4.69) is 0 Å². The highest BCUT2D eigenvalue weighted by Gasteiger charge is 2.25. The van der Waals surface area contributed by atoms with Crippen LogP contribution in [0, 0.1) is 11.3 Å². The highest BCUT2D eigenvalue weighted by Crippen LogP contribution is 2.22. The Labute approximate surface area is 176 Å². The first-order valence-electron chi connectivity index (χ1n) is 9.41. The summed E-state index contributed by atoms with van der Waals surface area (Å²) in [5.74, 6) is 1.70. The fourth-order valence-corrected chi connectivity index (χ4v) is 4.17. The van der Waals surface area contributed by atoms with Gasteiger partial charge in [0.2, 0.25) is 10.0 Å². The molecule has 0 N–H and O–H groups in total. The van der Waals surface area contributed by atoms with E-state index in [1.165, 1.54) is 22.7 Å². The predicted octanol–water partition coefficient (Wildman–Crippen LogP) is 3.82. The van der Waals surface area contributed by atoms with Gasteiger partial charge in [0.15, 0.2) is 0 Å². The summed E-state index contributed by atoms with van der Waals surface area (Å²) in [6.07, 6.45) is 1.50. The van der Waals surface area contributed by atoms with Gasteiger partial charge in [-0.05, 0) is 67.6 Å². The van der Waals surface area contributed by atoms with Crippen LogP contribution >= 0.6 is 0 Å². The van der Waals surface area contributed by atoms with Crippen LogP contribution in [-0.4, -0.2) is 32.5 Å². The maximum Gasteiger partial charge on any atom is 0.243 e. The van der Waals surface area contributed by atoms with Crippen molar-refractivity contribution in [3.8, 4) is 17.6 Å². The van der Waals surface area contributed by atoms with Crippen molar-refractivity contribution >= 4 is 10.0 Å².